The highest BCUT2D eigenvalue weighted by atomic mass is 127. The predicted molar refractivity (Wildman–Crippen MR) is 165 cm³/mol. The number of amides is 3. The van der Waals surface area contributed by atoms with Crippen LogP contribution in [-0.2, 0) is 16.2 Å². The lowest BCUT2D eigenvalue weighted by atomic mass is 10.1. The molecule has 1 fully saturated rings. The van der Waals surface area contributed by atoms with E-state index >= 15 is 0 Å². The molecule has 1 aliphatic rings. The van der Waals surface area contributed by atoms with Gasteiger partial charge in [0, 0.05) is 22.8 Å². The van der Waals surface area contributed by atoms with Gasteiger partial charge in [0.2, 0.25) is 5.91 Å². The second kappa shape index (κ2) is 13.4. The maximum atomic E-state index is 13.0. The molecule has 0 unspecified atom stereocenters. The Morgan fingerprint density at radius 1 is 1.15 bits per heavy atom. The van der Waals surface area contributed by atoms with E-state index in [1.165, 1.54) is 12.1 Å². The molecular formula is C28H23ClIN3O7S. The highest BCUT2D eigenvalue weighted by Crippen LogP contribution is 2.38. The summed E-state index contributed by atoms with van der Waals surface area (Å²) in [6.07, 6.45) is 1.56. The minimum atomic E-state index is -0.580. The maximum Gasteiger partial charge on any atom is 0.294 e. The Bertz CT molecular complexity index is 1560. The number of hydrogen-bond donors (Lipinski definition) is 1. The van der Waals surface area contributed by atoms with Gasteiger partial charge in [0.25, 0.3) is 16.8 Å². The third-order valence-corrected chi connectivity index (χ3v) is 7.91. The van der Waals surface area contributed by atoms with Crippen molar-refractivity contribution in [3.8, 4) is 11.5 Å². The van der Waals surface area contributed by atoms with Crippen molar-refractivity contribution < 1.29 is 28.8 Å². The molecule has 0 spiro atoms. The zero-order valence-corrected chi connectivity index (χ0v) is 25.5. The van der Waals surface area contributed by atoms with E-state index in [1.807, 2.05) is 13.8 Å². The number of nitrogens with one attached hydrogen (secondary N) is 1. The zero-order chi connectivity index (χ0) is 29.7. The van der Waals surface area contributed by atoms with Crippen LogP contribution in [0.1, 0.15) is 23.6 Å². The predicted octanol–water partition coefficient (Wildman–Crippen LogP) is 6.81. The minimum Gasteiger partial charge on any atom is -0.490 e. The van der Waals surface area contributed by atoms with Crippen molar-refractivity contribution >= 4 is 80.5 Å². The molecule has 0 radical (unpaired) electrons. The summed E-state index contributed by atoms with van der Waals surface area (Å²) < 4.78 is 12.5. The quantitative estimate of drug-likeness (QED) is 0.105. The molecule has 1 N–H and O–H groups in total. The second-order valence-electron chi connectivity index (χ2n) is 8.76. The summed E-state index contributed by atoms with van der Waals surface area (Å²) in [5.41, 5.74) is 2.64. The number of carbonyl (C=O) groups excluding carboxylic acids is 3. The van der Waals surface area contributed by atoms with Crippen LogP contribution in [0.3, 0.4) is 0 Å². The number of benzene rings is 3. The standard InChI is InChI=1S/C28H23ClIN3O7S/c1-3-39-23-11-18(10-22(30)26(23)40-15-17-5-8-20(9-6-17)33(37)38)12-24-27(35)32(28(36)41-24)14-25(34)31-19-7-4-16(2)21(29)13-19/h4-13H,3,14-15H2,1-2H3,(H,31,34)/b24-12+. The van der Waals surface area contributed by atoms with Crippen molar-refractivity contribution in [2.24, 2.45) is 0 Å². The number of hydrogen-bond acceptors (Lipinski definition) is 8. The lowest BCUT2D eigenvalue weighted by Gasteiger charge is -2.15. The molecule has 3 aromatic rings. The smallest absolute Gasteiger partial charge is 0.294 e. The van der Waals surface area contributed by atoms with E-state index in [0.29, 0.717) is 37.9 Å². The van der Waals surface area contributed by atoms with Crippen molar-refractivity contribution in [2.45, 2.75) is 20.5 Å². The van der Waals surface area contributed by atoms with Gasteiger partial charge in [-0.15, -0.1) is 0 Å². The molecule has 3 aromatic carbocycles. The molecule has 41 heavy (non-hydrogen) atoms. The largest absolute Gasteiger partial charge is 0.490 e. The molecule has 4 rings (SSSR count). The average molecular weight is 708 g/mol. The van der Waals surface area contributed by atoms with Gasteiger partial charge in [-0.25, -0.2) is 0 Å². The SMILES string of the molecule is CCOc1cc(/C=C2/SC(=O)N(CC(=O)Nc3ccc(C)c(Cl)c3)C2=O)cc(I)c1OCc1ccc([N+](=O)[O-])cc1. The third kappa shape index (κ3) is 7.57. The van der Waals surface area contributed by atoms with E-state index < -0.39 is 28.5 Å². The molecule has 0 bridgehead atoms. The number of aryl methyl sites for hydroxylation is 1. The summed E-state index contributed by atoms with van der Waals surface area (Å²) in [7, 11) is 0. The topological polar surface area (TPSA) is 128 Å². The Balaban J connectivity index is 1.47. The van der Waals surface area contributed by atoms with Gasteiger partial charge in [-0.1, -0.05) is 17.7 Å². The van der Waals surface area contributed by atoms with Crippen LogP contribution in [0.25, 0.3) is 6.08 Å². The summed E-state index contributed by atoms with van der Waals surface area (Å²) in [5.74, 6) is -0.202. The van der Waals surface area contributed by atoms with E-state index in [2.05, 4.69) is 27.9 Å². The molecular weight excluding hydrogens is 685 g/mol. The van der Waals surface area contributed by atoms with E-state index in [1.54, 1.807) is 48.5 Å². The number of nitro benzene ring substituents is 1. The molecule has 13 heteroatoms. The molecule has 3 amide bonds. The van der Waals surface area contributed by atoms with E-state index in [9.17, 15) is 24.5 Å². The van der Waals surface area contributed by atoms with Gasteiger partial charge in [0.05, 0.1) is 20.0 Å². The van der Waals surface area contributed by atoms with E-state index in [4.69, 9.17) is 21.1 Å². The van der Waals surface area contributed by atoms with Gasteiger partial charge in [0.1, 0.15) is 13.2 Å². The van der Waals surface area contributed by atoms with Crippen LogP contribution < -0.4 is 14.8 Å². The van der Waals surface area contributed by atoms with E-state index in [0.717, 1.165) is 27.8 Å². The van der Waals surface area contributed by atoms with Gasteiger partial charge in [-0.3, -0.25) is 29.4 Å². The number of halogens is 2. The maximum absolute atomic E-state index is 13.0. The Morgan fingerprint density at radius 2 is 1.88 bits per heavy atom. The Hall–Kier alpha value is -3.62. The van der Waals surface area contributed by atoms with Crippen LogP contribution in [0.5, 0.6) is 11.5 Å². The van der Waals surface area contributed by atoms with Crippen molar-refractivity contribution in [3.63, 3.8) is 0 Å². The lowest BCUT2D eigenvalue weighted by Crippen LogP contribution is -2.36. The third-order valence-electron chi connectivity index (χ3n) is 5.79. The number of rotatable bonds is 10. The Labute approximate surface area is 258 Å². The number of thioether (sulfide) groups is 1. The number of nitro groups is 1. The molecule has 0 aromatic heterocycles. The molecule has 0 atom stereocenters. The first-order valence-corrected chi connectivity index (χ1v) is 14.5. The van der Waals surface area contributed by atoms with E-state index in [-0.39, 0.29) is 17.2 Å². The number of anilines is 1. The normalized spacial score (nSPS) is 14.0. The molecule has 10 nitrogen and oxygen atoms in total. The van der Waals surface area contributed by atoms with Crippen molar-refractivity contribution in [3.05, 3.63) is 94.9 Å². The van der Waals surface area contributed by atoms with Crippen LogP contribution in [0.2, 0.25) is 5.02 Å². The first kappa shape index (κ1) is 30.3. The summed E-state index contributed by atoms with van der Waals surface area (Å²) >= 11 is 8.93. The fourth-order valence-electron chi connectivity index (χ4n) is 3.75. The highest BCUT2D eigenvalue weighted by molar-refractivity contribution is 14.1. The monoisotopic (exact) mass is 707 g/mol. The summed E-state index contributed by atoms with van der Waals surface area (Å²) in [5, 5.41) is 13.5. The van der Waals surface area contributed by atoms with Crippen LogP contribution in [0.4, 0.5) is 16.2 Å². The van der Waals surface area contributed by atoms with Gasteiger partial charge >= 0.3 is 0 Å². The minimum absolute atomic E-state index is 0.0103. The fraction of sp³-hybridized carbons (Fsp3) is 0.179. The first-order chi connectivity index (χ1) is 19.5. The molecule has 1 saturated heterocycles. The molecule has 0 saturated carbocycles. The molecule has 1 heterocycles. The molecule has 0 aliphatic carbocycles. The van der Waals surface area contributed by atoms with Crippen LogP contribution in [-0.4, -0.2) is 40.0 Å². The van der Waals surface area contributed by atoms with Gasteiger partial charge in [0.15, 0.2) is 11.5 Å². The van der Waals surface area contributed by atoms with Crippen molar-refractivity contribution in [2.75, 3.05) is 18.5 Å². The van der Waals surface area contributed by atoms with Crippen molar-refractivity contribution in [1.29, 1.82) is 0 Å². The molecule has 212 valence electrons. The number of non-ortho nitro benzene ring substituents is 1. The lowest BCUT2D eigenvalue weighted by molar-refractivity contribution is -0.384. The van der Waals surface area contributed by atoms with Crippen LogP contribution in [0, 0.1) is 20.6 Å². The number of imide groups is 1. The Morgan fingerprint density at radius 3 is 2.54 bits per heavy atom. The fourth-order valence-corrected chi connectivity index (χ4v) is 5.55. The Kier molecular flexibility index (Phi) is 9.89. The molecule has 1 aliphatic heterocycles. The summed E-state index contributed by atoms with van der Waals surface area (Å²) in [6.45, 7) is 3.72. The van der Waals surface area contributed by atoms with Crippen LogP contribution >= 0.6 is 46.0 Å². The van der Waals surface area contributed by atoms with Gasteiger partial charge in [-0.2, -0.15) is 0 Å². The second-order valence-corrected chi connectivity index (χ2v) is 11.3. The zero-order valence-electron chi connectivity index (χ0n) is 21.8. The number of ether oxygens (including phenoxy) is 2. The summed E-state index contributed by atoms with van der Waals surface area (Å²) in [6, 6.07) is 14.6. The summed E-state index contributed by atoms with van der Waals surface area (Å²) in [4.78, 5) is 49.6. The number of carbonyl (C=O) groups is 3. The van der Waals surface area contributed by atoms with Crippen LogP contribution in [0.15, 0.2) is 59.5 Å². The number of nitrogens with zero attached hydrogens (tertiary/aromatic N) is 2. The van der Waals surface area contributed by atoms with Gasteiger partial charge < -0.3 is 14.8 Å². The van der Waals surface area contributed by atoms with Crippen molar-refractivity contribution in [1.82, 2.24) is 4.90 Å². The first-order valence-electron chi connectivity index (χ1n) is 12.2. The highest BCUT2D eigenvalue weighted by Gasteiger charge is 2.36. The van der Waals surface area contributed by atoms with Gasteiger partial charge in [-0.05, 0) is 107 Å². The average Bonchev–Trinajstić information content (AvgIpc) is 3.17.